The molecule has 0 atom stereocenters. The van der Waals surface area contributed by atoms with Gasteiger partial charge in [0.15, 0.2) is 0 Å². The van der Waals surface area contributed by atoms with Crippen LogP contribution in [0.3, 0.4) is 0 Å². The van der Waals surface area contributed by atoms with Gasteiger partial charge >= 0.3 is 0 Å². The van der Waals surface area contributed by atoms with E-state index in [0.717, 1.165) is 15.9 Å². The van der Waals surface area contributed by atoms with Crippen molar-refractivity contribution < 1.29 is 4.79 Å². The Morgan fingerprint density at radius 2 is 2.19 bits per heavy atom. The van der Waals surface area contributed by atoms with Crippen LogP contribution in [0, 0.1) is 3.57 Å². The fourth-order valence-corrected chi connectivity index (χ4v) is 1.82. The zero-order valence-corrected chi connectivity index (χ0v) is 11.8. The molecule has 0 aliphatic heterocycles. The molecule has 6 heteroatoms. The zero-order chi connectivity index (χ0) is 12.1. The molecule has 0 fully saturated rings. The first kappa shape index (κ1) is 13.1. The fourth-order valence-electron chi connectivity index (χ4n) is 1.18. The molecule has 0 radical (unpaired) electrons. The van der Waals surface area contributed by atoms with Gasteiger partial charge in [-0.15, -0.1) is 0 Å². The highest BCUT2D eigenvalue weighted by Crippen LogP contribution is 2.17. The number of amides is 1. The van der Waals surface area contributed by atoms with Gasteiger partial charge in [-0.05, 0) is 29.5 Å². The van der Waals surface area contributed by atoms with E-state index in [2.05, 4.69) is 32.6 Å². The maximum atomic E-state index is 11.6. The van der Waals surface area contributed by atoms with Crippen LogP contribution in [0.15, 0.2) is 12.5 Å². The third-order valence-electron chi connectivity index (χ3n) is 2.15. The Kier molecular flexibility index (Phi) is 4.91. The molecule has 0 unspecified atom stereocenters. The summed E-state index contributed by atoms with van der Waals surface area (Å²) < 4.78 is 0.952. The second kappa shape index (κ2) is 5.97. The molecule has 1 aromatic rings. The van der Waals surface area contributed by atoms with Crippen molar-refractivity contribution >= 4 is 34.3 Å². The third-order valence-corrected chi connectivity index (χ3v) is 2.92. The normalized spacial score (nSPS) is 10.0. The van der Waals surface area contributed by atoms with E-state index in [-0.39, 0.29) is 5.91 Å². The number of carbonyl (C=O) groups is 1. The average Bonchev–Trinajstić information content (AvgIpc) is 2.26. The summed E-state index contributed by atoms with van der Waals surface area (Å²) in [7, 11) is 3.50. The standard InChI is InChI=1S/C10H15IN4O/c1-4-15(6-9(16)14(2)3)10-8(11)5-12-7-13-10/h5,7H,4,6H2,1-3H3. The van der Waals surface area contributed by atoms with E-state index in [9.17, 15) is 4.79 Å². The van der Waals surface area contributed by atoms with E-state index >= 15 is 0 Å². The molecule has 0 spiro atoms. The minimum Gasteiger partial charge on any atom is -0.347 e. The van der Waals surface area contributed by atoms with Crippen LogP contribution in [0.1, 0.15) is 6.92 Å². The molecule has 88 valence electrons. The number of halogens is 1. The fraction of sp³-hybridized carbons (Fsp3) is 0.500. The van der Waals surface area contributed by atoms with Gasteiger partial charge < -0.3 is 9.80 Å². The molecule has 0 bridgehead atoms. The SMILES string of the molecule is CCN(CC(=O)N(C)C)c1ncncc1I. The van der Waals surface area contributed by atoms with Gasteiger partial charge in [0.2, 0.25) is 5.91 Å². The van der Waals surface area contributed by atoms with Gasteiger partial charge in [0, 0.05) is 26.8 Å². The highest BCUT2D eigenvalue weighted by atomic mass is 127. The molecule has 1 amide bonds. The first-order valence-electron chi connectivity index (χ1n) is 4.96. The summed E-state index contributed by atoms with van der Waals surface area (Å²) in [6.07, 6.45) is 3.24. The summed E-state index contributed by atoms with van der Waals surface area (Å²) in [5.74, 6) is 0.879. The summed E-state index contributed by atoms with van der Waals surface area (Å²) in [6.45, 7) is 3.09. The average molecular weight is 334 g/mol. The molecule has 0 saturated heterocycles. The van der Waals surface area contributed by atoms with E-state index in [1.165, 1.54) is 6.33 Å². The minimum atomic E-state index is 0.0660. The van der Waals surface area contributed by atoms with E-state index in [1.54, 1.807) is 25.2 Å². The molecule has 0 saturated carbocycles. The lowest BCUT2D eigenvalue weighted by Crippen LogP contribution is -2.37. The lowest BCUT2D eigenvalue weighted by atomic mass is 10.4. The lowest BCUT2D eigenvalue weighted by molar-refractivity contribution is -0.127. The van der Waals surface area contributed by atoms with Crippen LogP contribution in [0.5, 0.6) is 0 Å². The molecule has 0 aliphatic carbocycles. The predicted octanol–water partition coefficient (Wildman–Crippen LogP) is 0.996. The number of rotatable bonds is 4. The monoisotopic (exact) mass is 334 g/mol. The first-order valence-corrected chi connectivity index (χ1v) is 6.04. The van der Waals surface area contributed by atoms with E-state index in [4.69, 9.17) is 0 Å². The van der Waals surface area contributed by atoms with Crippen LogP contribution in [0.25, 0.3) is 0 Å². The van der Waals surface area contributed by atoms with Crippen molar-refractivity contribution in [2.75, 3.05) is 32.1 Å². The van der Waals surface area contributed by atoms with Crippen molar-refractivity contribution in [3.05, 3.63) is 16.1 Å². The van der Waals surface area contributed by atoms with Crippen LogP contribution in [-0.4, -0.2) is 48.0 Å². The second-order valence-corrected chi connectivity index (χ2v) is 4.66. The molecular formula is C10H15IN4O. The quantitative estimate of drug-likeness (QED) is 0.771. The summed E-state index contributed by atoms with van der Waals surface area (Å²) in [5, 5.41) is 0. The molecule has 1 aromatic heterocycles. The van der Waals surface area contributed by atoms with Crippen LogP contribution >= 0.6 is 22.6 Å². The summed E-state index contributed by atoms with van der Waals surface area (Å²) in [5.41, 5.74) is 0. The highest BCUT2D eigenvalue weighted by molar-refractivity contribution is 14.1. The number of nitrogens with zero attached hydrogens (tertiary/aromatic N) is 4. The number of hydrogen-bond acceptors (Lipinski definition) is 4. The molecule has 1 rings (SSSR count). The maximum absolute atomic E-state index is 11.6. The largest absolute Gasteiger partial charge is 0.347 e. The number of aromatic nitrogens is 2. The third kappa shape index (κ3) is 3.29. The van der Waals surface area contributed by atoms with Gasteiger partial charge in [0.1, 0.15) is 12.1 Å². The summed E-state index contributed by atoms with van der Waals surface area (Å²) in [4.78, 5) is 23.3. The van der Waals surface area contributed by atoms with Crippen LogP contribution in [0.2, 0.25) is 0 Å². The minimum absolute atomic E-state index is 0.0660. The Hall–Kier alpha value is -0.920. The molecular weight excluding hydrogens is 319 g/mol. The number of carbonyl (C=O) groups excluding carboxylic acids is 1. The van der Waals surface area contributed by atoms with E-state index < -0.39 is 0 Å². The van der Waals surface area contributed by atoms with Gasteiger partial charge in [0.25, 0.3) is 0 Å². The van der Waals surface area contributed by atoms with Gasteiger partial charge in [-0.1, -0.05) is 0 Å². The second-order valence-electron chi connectivity index (χ2n) is 3.50. The van der Waals surface area contributed by atoms with Crippen molar-refractivity contribution in [2.45, 2.75) is 6.92 Å². The smallest absolute Gasteiger partial charge is 0.241 e. The van der Waals surface area contributed by atoms with Crippen molar-refractivity contribution in [2.24, 2.45) is 0 Å². The lowest BCUT2D eigenvalue weighted by Gasteiger charge is -2.23. The Morgan fingerprint density at radius 3 is 2.69 bits per heavy atom. The van der Waals surface area contributed by atoms with Crippen LogP contribution < -0.4 is 4.90 Å². The van der Waals surface area contributed by atoms with Gasteiger partial charge in [-0.25, -0.2) is 9.97 Å². The van der Waals surface area contributed by atoms with E-state index in [0.29, 0.717) is 6.54 Å². The summed E-state index contributed by atoms with van der Waals surface area (Å²) in [6, 6.07) is 0. The topological polar surface area (TPSA) is 49.3 Å². The Bertz CT molecular complexity index is 370. The molecule has 5 nitrogen and oxygen atoms in total. The van der Waals surface area contributed by atoms with Crippen molar-refractivity contribution in [3.63, 3.8) is 0 Å². The number of anilines is 1. The molecule has 1 heterocycles. The number of likely N-dealkylation sites (N-methyl/N-ethyl adjacent to an activating group) is 2. The number of hydrogen-bond donors (Lipinski definition) is 0. The van der Waals surface area contributed by atoms with Crippen molar-refractivity contribution in [3.8, 4) is 0 Å². The molecule has 16 heavy (non-hydrogen) atoms. The summed E-state index contributed by atoms with van der Waals surface area (Å²) >= 11 is 2.17. The van der Waals surface area contributed by atoms with Gasteiger partial charge in [-0.3, -0.25) is 4.79 Å². The van der Waals surface area contributed by atoms with Gasteiger partial charge in [0.05, 0.1) is 10.1 Å². The van der Waals surface area contributed by atoms with Crippen molar-refractivity contribution in [1.82, 2.24) is 14.9 Å². The Morgan fingerprint density at radius 1 is 1.50 bits per heavy atom. The van der Waals surface area contributed by atoms with Gasteiger partial charge in [-0.2, -0.15) is 0 Å². The maximum Gasteiger partial charge on any atom is 0.241 e. The zero-order valence-electron chi connectivity index (χ0n) is 9.64. The molecule has 0 aromatic carbocycles. The van der Waals surface area contributed by atoms with Crippen LogP contribution in [0.4, 0.5) is 5.82 Å². The van der Waals surface area contributed by atoms with E-state index in [1.807, 2.05) is 11.8 Å². The molecule has 0 N–H and O–H groups in total. The van der Waals surface area contributed by atoms with Crippen LogP contribution in [-0.2, 0) is 4.79 Å². The molecule has 0 aliphatic rings. The first-order chi connectivity index (χ1) is 7.56. The Labute approximate surface area is 109 Å². The highest BCUT2D eigenvalue weighted by Gasteiger charge is 2.14. The predicted molar refractivity (Wildman–Crippen MR) is 71.3 cm³/mol. The van der Waals surface area contributed by atoms with Crippen molar-refractivity contribution in [1.29, 1.82) is 0 Å². The Balaban J connectivity index is 2.83.